The van der Waals surface area contributed by atoms with Crippen LogP contribution >= 0.6 is 0 Å². The van der Waals surface area contributed by atoms with Crippen molar-refractivity contribution < 1.29 is 32.2 Å². The number of ether oxygens (including phenoxy) is 2. The number of alkyl halides is 3. The highest BCUT2D eigenvalue weighted by atomic mass is 19.4. The normalized spacial score (nSPS) is 11.2. The Kier molecular flexibility index (Phi) is 6.42. The van der Waals surface area contributed by atoms with Gasteiger partial charge in [-0.25, -0.2) is 14.3 Å². The molecule has 0 radical (unpaired) electrons. The van der Waals surface area contributed by atoms with Crippen molar-refractivity contribution >= 4 is 11.9 Å². The predicted molar refractivity (Wildman–Crippen MR) is 122 cm³/mol. The van der Waals surface area contributed by atoms with Crippen molar-refractivity contribution in [3.63, 3.8) is 0 Å². The van der Waals surface area contributed by atoms with Gasteiger partial charge in [0.1, 0.15) is 11.3 Å². The number of carbonyl (C=O) groups excluding carboxylic acids is 2. The van der Waals surface area contributed by atoms with Gasteiger partial charge in [0.2, 0.25) is 0 Å². The Morgan fingerprint density at radius 1 is 0.771 bits per heavy atom. The molecular weight excluding hydrogens is 461 g/mol. The van der Waals surface area contributed by atoms with Crippen LogP contribution in [0.15, 0.2) is 78.9 Å². The molecule has 0 spiro atoms. The zero-order valence-corrected chi connectivity index (χ0v) is 18.7. The number of hydrogen-bond acceptors (Lipinski definition) is 5. The summed E-state index contributed by atoms with van der Waals surface area (Å²) in [6, 6.07) is 20.0. The maximum absolute atomic E-state index is 13.5. The number of para-hydroxylation sites is 1. The van der Waals surface area contributed by atoms with E-state index >= 15 is 0 Å². The van der Waals surface area contributed by atoms with E-state index in [1.165, 1.54) is 61.4 Å². The Hall–Kier alpha value is -4.40. The SMILES string of the molecule is COC(=O)c1c(-c2ccc(-c3ccccc3C(F)(F)F)cc2)nn(-c2ccccc2)c1C(=O)OC. The zero-order chi connectivity index (χ0) is 25.2. The van der Waals surface area contributed by atoms with Gasteiger partial charge in [-0.15, -0.1) is 0 Å². The van der Waals surface area contributed by atoms with Crippen molar-refractivity contribution in [2.24, 2.45) is 0 Å². The van der Waals surface area contributed by atoms with Crippen molar-refractivity contribution in [3.8, 4) is 28.1 Å². The maximum Gasteiger partial charge on any atom is 0.417 e. The summed E-state index contributed by atoms with van der Waals surface area (Å²) in [4.78, 5) is 25.4. The lowest BCUT2D eigenvalue weighted by Gasteiger charge is -2.13. The molecule has 0 fully saturated rings. The first kappa shape index (κ1) is 23.7. The molecule has 6 nitrogen and oxygen atoms in total. The molecule has 0 unspecified atom stereocenters. The summed E-state index contributed by atoms with van der Waals surface area (Å²) < 4.78 is 51.5. The number of methoxy groups -OCH3 is 2. The Morgan fingerprint density at radius 3 is 1.94 bits per heavy atom. The number of aromatic nitrogens is 2. The maximum atomic E-state index is 13.5. The first-order chi connectivity index (χ1) is 16.8. The Labute approximate surface area is 198 Å². The Morgan fingerprint density at radius 2 is 1.34 bits per heavy atom. The Bertz CT molecular complexity index is 1380. The van der Waals surface area contributed by atoms with Crippen LogP contribution in [0.4, 0.5) is 13.2 Å². The molecule has 0 saturated carbocycles. The van der Waals surface area contributed by atoms with Crippen molar-refractivity contribution in [1.29, 1.82) is 0 Å². The molecule has 0 aliphatic carbocycles. The minimum absolute atomic E-state index is 0.0183. The van der Waals surface area contributed by atoms with Gasteiger partial charge in [0.15, 0.2) is 5.69 Å². The molecule has 0 saturated heterocycles. The van der Waals surface area contributed by atoms with Gasteiger partial charge in [0, 0.05) is 5.56 Å². The van der Waals surface area contributed by atoms with E-state index in [1.54, 1.807) is 30.3 Å². The number of carbonyl (C=O) groups is 2. The fraction of sp³-hybridized carbons (Fsp3) is 0.115. The van der Waals surface area contributed by atoms with Gasteiger partial charge in [-0.05, 0) is 29.3 Å². The molecule has 0 bridgehead atoms. The molecule has 9 heteroatoms. The molecule has 0 amide bonds. The van der Waals surface area contributed by atoms with Gasteiger partial charge >= 0.3 is 18.1 Å². The van der Waals surface area contributed by atoms with Crippen LogP contribution in [0.5, 0.6) is 0 Å². The number of rotatable bonds is 5. The first-order valence-corrected chi connectivity index (χ1v) is 10.4. The summed E-state index contributed by atoms with van der Waals surface area (Å²) in [7, 11) is 2.35. The number of nitrogens with zero attached hydrogens (tertiary/aromatic N) is 2. The third kappa shape index (κ3) is 4.52. The van der Waals surface area contributed by atoms with Crippen LogP contribution in [0, 0.1) is 0 Å². The largest absolute Gasteiger partial charge is 0.465 e. The molecule has 3 aromatic carbocycles. The second-order valence-corrected chi connectivity index (χ2v) is 7.42. The third-order valence-electron chi connectivity index (χ3n) is 5.36. The lowest BCUT2D eigenvalue weighted by molar-refractivity contribution is -0.137. The van der Waals surface area contributed by atoms with Crippen molar-refractivity contribution in [2.45, 2.75) is 6.18 Å². The summed E-state index contributed by atoms with van der Waals surface area (Å²) >= 11 is 0. The van der Waals surface area contributed by atoms with Gasteiger partial charge in [0.05, 0.1) is 25.5 Å². The van der Waals surface area contributed by atoms with E-state index in [4.69, 9.17) is 9.47 Å². The van der Waals surface area contributed by atoms with E-state index in [1.807, 2.05) is 0 Å². The highest BCUT2D eigenvalue weighted by Gasteiger charge is 2.34. The summed E-state index contributed by atoms with van der Waals surface area (Å²) in [5.41, 5.74) is 0.361. The lowest BCUT2D eigenvalue weighted by Crippen LogP contribution is -2.15. The Balaban J connectivity index is 1.89. The molecular formula is C26H19F3N2O4. The molecule has 4 aromatic rings. The van der Waals surface area contributed by atoms with E-state index < -0.39 is 23.7 Å². The molecule has 4 rings (SSSR count). The van der Waals surface area contributed by atoms with Gasteiger partial charge < -0.3 is 9.47 Å². The standard InChI is InChI=1S/C26H19F3N2O4/c1-34-24(32)21-22(30-31(23(21)25(33)35-2)18-8-4-3-5-9-18)17-14-12-16(13-15-17)19-10-6-7-11-20(19)26(27,28)29/h3-15H,1-2H3. The van der Waals surface area contributed by atoms with Crippen LogP contribution in [-0.4, -0.2) is 35.9 Å². The second kappa shape index (κ2) is 9.46. The summed E-state index contributed by atoms with van der Waals surface area (Å²) in [6.07, 6.45) is -4.52. The molecule has 178 valence electrons. The molecule has 1 aromatic heterocycles. The fourth-order valence-electron chi connectivity index (χ4n) is 3.75. The van der Waals surface area contributed by atoms with E-state index in [9.17, 15) is 22.8 Å². The predicted octanol–water partition coefficient (Wildman–Crippen LogP) is 5.80. The van der Waals surface area contributed by atoms with Crippen LogP contribution in [0.3, 0.4) is 0 Å². The quantitative estimate of drug-likeness (QED) is 0.338. The van der Waals surface area contributed by atoms with Crippen LogP contribution in [0.2, 0.25) is 0 Å². The molecule has 0 atom stereocenters. The van der Waals surface area contributed by atoms with E-state index in [-0.39, 0.29) is 22.5 Å². The van der Waals surface area contributed by atoms with E-state index in [0.29, 0.717) is 16.8 Å². The number of hydrogen-bond donors (Lipinski definition) is 0. The molecule has 1 heterocycles. The van der Waals surface area contributed by atoms with Crippen LogP contribution in [-0.2, 0) is 15.7 Å². The molecule has 0 aliphatic rings. The monoisotopic (exact) mass is 480 g/mol. The number of halogens is 3. The zero-order valence-electron chi connectivity index (χ0n) is 18.7. The summed E-state index contributed by atoms with van der Waals surface area (Å²) in [5.74, 6) is -1.61. The van der Waals surface area contributed by atoms with Gasteiger partial charge in [0.25, 0.3) is 0 Å². The minimum Gasteiger partial charge on any atom is -0.465 e. The van der Waals surface area contributed by atoms with Crippen LogP contribution < -0.4 is 0 Å². The highest BCUT2D eigenvalue weighted by Crippen LogP contribution is 2.38. The molecule has 35 heavy (non-hydrogen) atoms. The van der Waals surface area contributed by atoms with Crippen LogP contribution in [0.25, 0.3) is 28.1 Å². The first-order valence-electron chi connectivity index (χ1n) is 10.4. The average Bonchev–Trinajstić information content (AvgIpc) is 3.28. The smallest absolute Gasteiger partial charge is 0.417 e. The van der Waals surface area contributed by atoms with Crippen molar-refractivity contribution in [3.05, 3.63) is 95.7 Å². The number of benzene rings is 3. The summed E-state index contributed by atoms with van der Waals surface area (Å²) in [6.45, 7) is 0. The lowest BCUT2D eigenvalue weighted by atomic mass is 9.97. The van der Waals surface area contributed by atoms with Gasteiger partial charge in [-0.2, -0.15) is 18.3 Å². The topological polar surface area (TPSA) is 70.4 Å². The van der Waals surface area contributed by atoms with Gasteiger partial charge in [-0.3, -0.25) is 0 Å². The summed E-state index contributed by atoms with van der Waals surface area (Å²) in [5, 5.41) is 4.48. The highest BCUT2D eigenvalue weighted by molar-refractivity contribution is 6.06. The van der Waals surface area contributed by atoms with Crippen molar-refractivity contribution in [1.82, 2.24) is 9.78 Å². The fourth-order valence-corrected chi connectivity index (χ4v) is 3.75. The third-order valence-corrected chi connectivity index (χ3v) is 5.36. The molecule has 0 aliphatic heterocycles. The second-order valence-electron chi connectivity index (χ2n) is 7.42. The van der Waals surface area contributed by atoms with E-state index in [2.05, 4.69) is 5.10 Å². The average molecular weight is 480 g/mol. The van der Waals surface area contributed by atoms with E-state index in [0.717, 1.165) is 6.07 Å². The van der Waals surface area contributed by atoms with Crippen molar-refractivity contribution in [2.75, 3.05) is 14.2 Å². The minimum atomic E-state index is -4.52. The van der Waals surface area contributed by atoms with Gasteiger partial charge in [-0.1, -0.05) is 60.7 Å². The molecule has 0 N–H and O–H groups in total. The number of esters is 2. The van der Waals surface area contributed by atoms with Crippen LogP contribution in [0.1, 0.15) is 26.4 Å².